The van der Waals surface area contributed by atoms with Gasteiger partial charge in [-0.25, -0.2) is 0 Å². The molecule has 2 N–H and O–H groups in total. The van der Waals surface area contributed by atoms with Crippen molar-refractivity contribution in [2.45, 2.75) is 38.5 Å². The second-order valence-electron chi connectivity index (χ2n) is 4.80. The van der Waals surface area contributed by atoms with Crippen molar-refractivity contribution < 1.29 is 9.53 Å². The Labute approximate surface area is 117 Å². The Kier molecular flexibility index (Phi) is 11.5. The third-order valence-corrected chi connectivity index (χ3v) is 3.31. The summed E-state index contributed by atoms with van der Waals surface area (Å²) in [6.07, 6.45) is 7.14. The number of hydrogen-bond acceptors (Lipinski definition) is 3. The molecule has 108 valence electrons. The summed E-state index contributed by atoms with van der Waals surface area (Å²) in [7, 11) is 1.69. The zero-order chi connectivity index (χ0) is 12.3. The average Bonchev–Trinajstić information content (AvgIpc) is 2.35. The smallest absolute Gasteiger partial charge is 0.220 e. The van der Waals surface area contributed by atoms with Gasteiger partial charge in [-0.15, -0.1) is 12.4 Å². The Balaban J connectivity index is 0.00000289. The summed E-state index contributed by atoms with van der Waals surface area (Å²) < 4.78 is 4.92. The summed E-state index contributed by atoms with van der Waals surface area (Å²) in [5, 5.41) is 6.17. The van der Waals surface area contributed by atoms with Crippen molar-refractivity contribution in [1.82, 2.24) is 10.6 Å². The van der Waals surface area contributed by atoms with E-state index in [1.807, 2.05) is 0 Å². The highest BCUT2D eigenvalue weighted by atomic mass is 35.5. The number of ether oxygens (including phenoxy) is 1. The van der Waals surface area contributed by atoms with Crippen LogP contribution in [0.25, 0.3) is 0 Å². The summed E-state index contributed by atoms with van der Waals surface area (Å²) in [6.45, 7) is 3.10. The molecule has 0 heterocycles. The van der Waals surface area contributed by atoms with Crippen molar-refractivity contribution in [3.63, 3.8) is 0 Å². The Morgan fingerprint density at radius 1 is 1.17 bits per heavy atom. The molecule has 1 saturated carbocycles. The van der Waals surface area contributed by atoms with Gasteiger partial charge in [0.1, 0.15) is 0 Å². The molecule has 5 heteroatoms. The Hall–Kier alpha value is -0.320. The Morgan fingerprint density at radius 3 is 2.56 bits per heavy atom. The molecular weight excluding hydrogens is 252 g/mol. The van der Waals surface area contributed by atoms with E-state index in [2.05, 4.69) is 10.6 Å². The van der Waals surface area contributed by atoms with Gasteiger partial charge in [0, 0.05) is 33.2 Å². The monoisotopic (exact) mass is 278 g/mol. The van der Waals surface area contributed by atoms with Crippen molar-refractivity contribution in [1.29, 1.82) is 0 Å². The minimum absolute atomic E-state index is 0. The number of amides is 1. The molecule has 0 aromatic rings. The van der Waals surface area contributed by atoms with Crippen molar-refractivity contribution in [2.75, 3.05) is 33.4 Å². The predicted molar refractivity (Wildman–Crippen MR) is 76.2 cm³/mol. The van der Waals surface area contributed by atoms with Gasteiger partial charge in [0.05, 0.1) is 6.61 Å². The zero-order valence-electron chi connectivity index (χ0n) is 11.4. The fourth-order valence-electron chi connectivity index (χ4n) is 2.32. The summed E-state index contributed by atoms with van der Waals surface area (Å²) in [4.78, 5) is 11.6. The second-order valence-corrected chi connectivity index (χ2v) is 4.80. The molecule has 1 aliphatic rings. The van der Waals surface area contributed by atoms with E-state index in [0.29, 0.717) is 5.92 Å². The molecule has 0 aromatic heterocycles. The molecule has 0 bridgehead atoms. The van der Waals surface area contributed by atoms with Crippen LogP contribution in [0.2, 0.25) is 0 Å². The van der Waals surface area contributed by atoms with E-state index in [-0.39, 0.29) is 18.3 Å². The number of halogens is 1. The van der Waals surface area contributed by atoms with Crippen molar-refractivity contribution in [2.24, 2.45) is 5.92 Å². The predicted octanol–water partition coefficient (Wildman–Crippen LogP) is 1.73. The first-order valence-electron chi connectivity index (χ1n) is 6.79. The van der Waals surface area contributed by atoms with Crippen LogP contribution in [0.4, 0.5) is 0 Å². The van der Waals surface area contributed by atoms with E-state index in [1.54, 1.807) is 7.11 Å². The van der Waals surface area contributed by atoms with Gasteiger partial charge >= 0.3 is 0 Å². The quantitative estimate of drug-likeness (QED) is 0.665. The first-order chi connectivity index (χ1) is 8.33. The lowest BCUT2D eigenvalue weighted by Crippen LogP contribution is -2.34. The third-order valence-electron chi connectivity index (χ3n) is 3.31. The normalized spacial score (nSPS) is 16.1. The largest absolute Gasteiger partial charge is 0.383 e. The molecule has 1 fully saturated rings. The molecule has 0 spiro atoms. The van der Waals surface area contributed by atoms with Crippen LogP contribution in [0, 0.1) is 5.92 Å². The van der Waals surface area contributed by atoms with Crippen LogP contribution in [0.15, 0.2) is 0 Å². The van der Waals surface area contributed by atoms with E-state index >= 15 is 0 Å². The average molecular weight is 279 g/mol. The van der Waals surface area contributed by atoms with Crippen molar-refractivity contribution in [3.05, 3.63) is 0 Å². The number of nitrogens with one attached hydrogen (secondary N) is 2. The SMILES string of the molecule is COCCNCCNC(=O)CC1CCCCC1.Cl. The van der Waals surface area contributed by atoms with E-state index in [0.717, 1.165) is 32.7 Å². The first-order valence-corrected chi connectivity index (χ1v) is 6.79. The number of hydrogen-bond donors (Lipinski definition) is 2. The minimum Gasteiger partial charge on any atom is -0.383 e. The van der Waals surface area contributed by atoms with Gasteiger partial charge < -0.3 is 15.4 Å². The van der Waals surface area contributed by atoms with Crippen LogP contribution in [0.5, 0.6) is 0 Å². The van der Waals surface area contributed by atoms with E-state index < -0.39 is 0 Å². The van der Waals surface area contributed by atoms with Crippen LogP contribution in [-0.4, -0.2) is 39.3 Å². The summed E-state index contributed by atoms with van der Waals surface area (Å²) in [6, 6.07) is 0. The molecule has 0 aromatic carbocycles. The fraction of sp³-hybridized carbons (Fsp3) is 0.923. The third kappa shape index (κ3) is 8.72. The van der Waals surface area contributed by atoms with E-state index in [4.69, 9.17) is 4.74 Å². The molecule has 0 radical (unpaired) electrons. The Bertz CT molecular complexity index is 209. The highest BCUT2D eigenvalue weighted by molar-refractivity contribution is 5.85. The van der Waals surface area contributed by atoms with Crippen molar-refractivity contribution >= 4 is 18.3 Å². The highest BCUT2D eigenvalue weighted by Crippen LogP contribution is 2.25. The van der Waals surface area contributed by atoms with Crippen LogP contribution >= 0.6 is 12.4 Å². The maximum Gasteiger partial charge on any atom is 0.220 e. The molecular formula is C13H27ClN2O2. The topological polar surface area (TPSA) is 50.4 Å². The summed E-state index contributed by atoms with van der Waals surface area (Å²) >= 11 is 0. The minimum atomic E-state index is 0. The molecule has 0 aliphatic heterocycles. The number of rotatable bonds is 8. The summed E-state index contributed by atoms with van der Waals surface area (Å²) in [5.41, 5.74) is 0. The lowest BCUT2D eigenvalue weighted by atomic mass is 9.87. The number of carbonyl (C=O) groups excluding carboxylic acids is 1. The first kappa shape index (κ1) is 17.7. The maximum atomic E-state index is 11.6. The van der Waals surface area contributed by atoms with Crippen LogP contribution < -0.4 is 10.6 Å². The Morgan fingerprint density at radius 2 is 1.89 bits per heavy atom. The molecule has 1 aliphatic carbocycles. The molecule has 0 atom stereocenters. The van der Waals surface area contributed by atoms with Crippen LogP contribution in [0.3, 0.4) is 0 Å². The molecule has 0 saturated heterocycles. The summed E-state index contributed by atoms with van der Waals surface area (Å²) in [5.74, 6) is 0.843. The van der Waals surface area contributed by atoms with Gasteiger partial charge in [0.15, 0.2) is 0 Å². The number of carbonyl (C=O) groups is 1. The molecule has 4 nitrogen and oxygen atoms in total. The molecule has 1 amide bonds. The van der Waals surface area contributed by atoms with Gasteiger partial charge in [-0.2, -0.15) is 0 Å². The van der Waals surface area contributed by atoms with Crippen LogP contribution in [-0.2, 0) is 9.53 Å². The molecule has 1 rings (SSSR count). The fourth-order valence-corrected chi connectivity index (χ4v) is 2.32. The standard InChI is InChI=1S/C13H26N2O2.ClH/c1-17-10-9-14-7-8-15-13(16)11-12-5-3-2-4-6-12;/h12,14H,2-11H2,1H3,(H,15,16);1H. The number of methoxy groups -OCH3 is 1. The lowest BCUT2D eigenvalue weighted by Gasteiger charge is -2.20. The molecule has 18 heavy (non-hydrogen) atoms. The van der Waals surface area contributed by atoms with Crippen molar-refractivity contribution in [3.8, 4) is 0 Å². The van der Waals surface area contributed by atoms with E-state index in [9.17, 15) is 4.79 Å². The van der Waals surface area contributed by atoms with E-state index in [1.165, 1.54) is 32.1 Å². The van der Waals surface area contributed by atoms with Crippen LogP contribution in [0.1, 0.15) is 38.5 Å². The van der Waals surface area contributed by atoms with Gasteiger partial charge in [-0.1, -0.05) is 19.3 Å². The maximum absolute atomic E-state index is 11.6. The van der Waals surface area contributed by atoms with Gasteiger partial charge in [-0.3, -0.25) is 4.79 Å². The molecule has 0 unspecified atom stereocenters. The van der Waals surface area contributed by atoms with Gasteiger partial charge in [0.25, 0.3) is 0 Å². The van der Waals surface area contributed by atoms with Gasteiger partial charge in [-0.05, 0) is 18.8 Å². The highest BCUT2D eigenvalue weighted by Gasteiger charge is 2.16. The lowest BCUT2D eigenvalue weighted by molar-refractivity contribution is -0.122. The zero-order valence-corrected chi connectivity index (χ0v) is 12.2. The second kappa shape index (κ2) is 11.8. The van der Waals surface area contributed by atoms with Gasteiger partial charge in [0.2, 0.25) is 5.91 Å².